The molecule has 0 aliphatic rings. The predicted octanol–water partition coefficient (Wildman–Crippen LogP) is 1.16. The van der Waals surface area contributed by atoms with E-state index in [-0.39, 0.29) is 19.6 Å². The lowest BCUT2D eigenvalue weighted by Gasteiger charge is -2.28. The smallest absolute Gasteiger partial charge is 0.326 e. The van der Waals surface area contributed by atoms with Crippen LogP contribution in [0.5, 0.6) is 0 Å². The molecule has 0 heterocycles. The van der Waals surface area contributed by atoms with E-state index in [4.69, 9.17) is 0 Å². The Morgan fingerprint density at radius 3 is 2.12 bits per heavy atom. The summed E-state index contributed by atoms with van der Waals surface area (Å²) in [6.07, 6.45) is 0. The molecule has 0 radical (unpaired) electrons. The van der Waals surface area contributed by atoms with Gasteiger partial charge in [0.05, 0.1) is 0 Å². The van der Waals surface area contributed by atoms with Crippen LogP contribution in [0.4, 0.5) is 0 Å². The number of benzene rings is 1. The van der Waals surface area contributed by atoms with Crippen molar-refractivity contribution >= 4 is 21.9 Å². The number of nitrogens with zero attached hydrogens (tertiary/aromatic N) is 2. The van der Waals surface area contributed by atoms with Crippen LogP contribution < -0.4 is 0 Å². The van der Waals surface area contributed by atoms with Crippen LogP contribution in [0.15, 0.2) is 30.3 Å². The van der Waals surface area contributed by atoms with E-state index in [9.17, 15) is 23.1 Å². The van der Waals surface area contributed by atoms with Gasteiger partial charge in [0.15, 0.2) is 0 Å². The van der Waals surface area contributed by atoms with E-state index >= 15 is 0 Å². The zero-order valence-corrected chi connectivity index (χ0v) is 15.0. The monoisotopic (exact) mass is 356 g/mol. The molecule has 7 nitrogen and oxygen atoms in total. The Labute approximate surface area is 142 Å². The van der Waals surface area contributed by atoms with Crippen molar-refractivity contribution in [1.29, 1.82) is 0 Å². The first kappa shape index (κ1) is 20.1. The number of carboxylic acids is 1. The Kier molecular flexibility index (Phi) is 7.37. The third-order valence-electron chi connectivity index (χ3n) is 3.75. The van der Waals surface area contributed by atoms with Crippen molar-refractivity contribution in [3.63, 3.8) is 0 Å². The average molecular weight is 356 g/mol. The second-order valence-corrected chi connectivity index (χ2v) is 7.33. The molecule has 0 aromatic heterocycles. The molecule has 0 fully saturated rings. The summed E-state index contributed by atoms with van der Waals surface area (Å²) in [4.78, 5) is 24.9. The highest BCUT2D eigenvalue weighted by atomic mass is 32.2. The molecule has 1 N–H and O–H groups in total. The van der Waals surface area contributed by atoms with Crippen molar-refractivity contribution in [3.8, 4) is 0 Å². The van der Waals surface area contributed by atoms with Crippen molar-refractivity contribution < 1.29 is 23.1 Å². The molecule has 0 saturated heterocycles. The van der Waals surface area contributed by atoms with Gasteiger partial charge >= 0.3 is 5.97 Å². The number of sulfonamides is 1. The number of hydrogen-bond acceptors (Lipinski definition) is 4. The minimum absolute atomic E-state index is 0.0426. The summed E-state index contributed by atoms with van der Waals surface area (Å²) in [5.41, 5.74) is 0.735. The Bertz CT molecular complexity index is 656. The first-order valence-corrected chi connectivity index (χ1v) is 9.37. The number of hydrogen-bond donors (Lipinski definition) is 1. The Morgan fingerprint density at radius 1 is 1.12 bits per heavy atom. The van der Waals surface area contributed by atoms with Gasteiger partial charge < -0.3 is 10.0 Å². The van der Waals surface area contributed by atoms with Crippen LogP contribution >= 0.6 is 0 Å². The highest BCUT2D eigenvalue weighted by Gasteiger charge is 2.31. The predicted molar refractivity (Wildman–Crippen MR) is 90.8 cm³/mol. The van der Waals surface area contributed by atoms with Crippen molar-refractivity contribution in [1.82, 2.24) is 9.21 Å². The maximum atomic E-state index is 12.5. The van der Waals surface area contributed by atoms with Gasteiger partial charge in [-0.05, 0) is 12.5 Å². The number of aliphatic carboxylic acids is 1. The molecule has 0 aliphatic carbocycles. The van der Waals surface area contributed by atoms with E-state index in [1.54, 1.807) is 44.2 Å². The van der Waals surface area contributed by atoms with Gasteiger partial charge in [-0.1, -0.05) is 44.2 Å². The van der Waals surface area contributed by atoms with E-state index in [1.807, 2.05) is 0 Å². The van der Waals surface area contributed by atoms with E-state index in [0.717, 1.165) is 10.5 Å². The second-order valence-electron chi connectivity index (χ2n) is 5.36. The van der Waals surface area contributed by atoms with Gasteiger partial charge in [-0.15, -0.1) is 0 Å². The second kappa shape index (κ2) is 8.79. The van der Waals surface area contributed by atoms with Crippen LogP contribution in [-0.4, -0.2) is 59.5 Å². The highest BCUT2D eigenvalue weighted by molar-refractivity contribution is 7.89. The Morgan fingerprint density at radius 2 is 1.67 bits per heavy atom. The van der Waals surface area contributed by atoms with Crippen LogP contribution in [-0.2, 0) is 26.2 Å². The minimum Gasteiger partial charge on any atom is -0.480 e. The molecule has 0 bridgehead atoms. The Hall–Kier alpha value is -1.93. The first-order valence-electron chi connectivity index (χ1n) is 7.76. The molecule has 0 saturated carbocycles. The fourth-order valence-electron chi connectivity index (χ4n) is 2.30. The molecule has 1 rings (SSSR count). The van der Waals surface area contributed by atoms with Crippen LogP contribution in [0.1, 0.15) is 26.3 Å². The molecular formula is C16H24N2O5S. The number of carbonyl (C=O) groups is 2. The quantitative estimate of drug-likeness (QED) is 0.716. The third-order valence-corrected chi connectivity index (χ3v) is 5.66. The van der Waals surface area contributed by atoms with E-state index in [0.29, 0.717) is 0 Å². The van der Waals surface area contributed by atoms with Crippen molar-refractivity contribution in [2.75, 3.05) is 18.8 Å². The zero-order chi connectivity index (χ0) is 18.3. The summed E-state index contributed by atoms with van der Waals surface area (Å²) in [6, 6.07) is 7.75. The van der Waals surface area contributed by atoms with Crippen molar-refractivity contribution in [3.05, 3.63) is 35.9 Å². The lowest BCUT2D eigenvalue weighted by Crippen LogP contribution is -2.47. The summed E-state index contributed by atoms with van der Waals surface area (Å²) in [6.45, 7) is 5.31. The van der Waals surface area contributed by atoms with Gasteiger partial charge in [0.2, 0.25) is 15.9 Å². The summed E-state index contributed by atoms with van der Waals surface area (Å²) < 4.78 is 25.8. The fourth-order valence-corrected chi connectivity index (χ4v) is 3.75. The Balaban J connectivity index is 3.02. The average Bonchev–Trinajstić information content (AvgIpc) is 2.53. The van der Waals surface area contributed by atoms with Crippen molar-refractivity contribution in [2.45, 2.75) is 33.4 Å². The lowest BCUT2D eigenvalue weighted by atomic mass is 10.2. The molecule has 0 spiro atoms. The van der Waals surface area contributed by atoms with Gasteiger partial charge in [-0.25, -0.2) is 17.5 Å². The lowest BCUT2D eigenvalue weighted by molar-refractivity contribution is -0.149. The van der Waals surface area contributed by atoms with Crippen LogP contribution in [0.25, 0.3) is 0 Å². The largest absolute Gasteiger partial charge is 0.480 e. The fraction of sp³-hybridized carbons (Fsp3) is 0.500. The minimum atomic E-state index is -3.77. The molecule has 1 amide bonds. The topological polar surface area (TPSA) is 95.0 Å². The van der Waals surface area contributed by atoms with Crippen LogP contribution in [0.3, 0.4) is 0 Å². The summed E-state index contributed by atoms with van der Waals surface area (Å²) in [7, 11) is -3.77. The number of rotatable bonds is 9. The zero-order valence-electron chi connectivity index (χ0n) is 14.2. The summed E-state index contributed by atoms with van der Waals surface area (Å²) in [5, 5.41) is 9.23. The van der Waals surface area contributed by atoms with E-state index < -0.39 is 33.7 Å². The molecule has 134 valence electrons. The molecule has 24 heavy (non-hydrogen) atoms. The van der Waals surface area contributed by atoms with Crippen molar-refractivity contribution in [2.24, 2.45) is 0 Å². The molecule has 1 aromatic carbocycles. The van der Waals surface area contributed by atoms with Crippen LogP contribution in [0, 0.1) is 0 Å². The maximum Gasteiger partial charge on any atom is 0.326 e. The molecule has 8 heteroatoms. The summed E-state index contributed by atoms with van der Waals surface area (Å²) >= 11 is 0. The first-order chi connectivity index (χ1) is 11.2. The number of amides is 1. The normalized spacial score (nSPS) is 12.8. The molecule has 1 atom stereocenters. The SMILES string of the molecule is CCN(CC)S(=O)(=O)CC(=O)N(Cc1ccccc1)C(C)C(=O)O. The standard InChI is InChI=1S/C16H24N2O5S/c1-4-17(5-2)24(22,23)12-15(19)18(13(3)16(20)21)11-14-9-7-6-8-10-14/h6-10,13H,4-5,11-12H2,1-3H3,(H,20,21). The maximum absolute atomic E-state index is 12.5. The highest BCUT2D eigenvalue weighted by Crippen LogP contribution is 2.12. The van der Waals surface area contributed by atoms with Gasteiger partial charge in [0.1, 0.15) is 11.8 Å². The van der Waals surface area contributed by atoms with Gasteiger partial charge in [-0.2, -0.15) is 0 Å². The third kappa shape index (κ3) is 5.31. The number of carboxylic acid groups (broad SMARTS) is 1. The van der Waals surface area contributed by atoms with Crippen LogP contribution in [0.2, 0.25) is 0 Å². The van der Waals surface area contributed by atoms with Gasteiger partial charge in [-0.3, -0.25) is 4.79 Å². The molecule has 0 aliphatic heterocycles. The molecule has 1 unspecified atom stereocenters. The van der Waals surface area contributed by atoms with E-state index in [1.165, 1.54) is 11.2 Å². The van der Waals surface area contributed by atoms with E-state index in [2.05, 4.69) is 0 Å². The van der Waals surface area contributed by atoms with Gasteiger partial charge in [0, 0.05) is 19.6 Å². The summed E-state index contributed by atoms with van der Waals surface area (Å²) in [5.74, 6) is -2.64. The molecular weight excluding hydrogens is 332 g/mol. The number of carbonyl (C=O) groups excluding carboxylic acids is 1. The molecule has 1 aromatic rings. The van der Waals surface area contributed by atoms with Gasteiger partial charge in [0.25, 0.3) is 0 Å².